The second-order valence-electron chi connectivity index (χ2n) is 3.85. The second-order valence-corrected chi connectivity index (χ2v) is 4.76. The maximum atomic E-state index is 4.58. The Bertz CT molecular complexity index is 513. The van der Waals surface area contributed by atoms with Gasteiger partial charge in [-0.05, 0) is 37.5 Å². The molecule has 0 atom stereocenters. The van der Waals surface area contributed by atoms with Crippen molar-refractivity contribution in [3.05, 3.63) is 28.0 Å². The molecule has 2 heterocycles. The number of hydrogen-bond acceptors (Lipinski definition) is 1. The van der Waals surface area contributed by atoms with E-state index >= 15 is 0 Å². The highest BCUT2D eigenvalue weighted by atomic mass is 79.9. The van der Waals surface area contributed by atoms with E-state index in [0.717, 1.165) is 22.4 Å². The van der Waals surface area contributed by atoms with Crippen LogP contribution < -0.4 is 0 Å². The Morgan fingerprint density at radius 3 is 3.14 bits per heavy atom. The van der Waals surface area contributed by atoms with Crippen molar-refractivity contribution in [3.63, 3.8) is 0 Å². The summed E-state index contributed by atoms with van der Waals surface area (Å²) in [5.74, 6) is 1.14. The number of halogens is 1. The molecule has 0 amide bonds. The summed E-state index contributed by atoms with van der Waals surface area (Å²) < 4.78 is 3.48. The molecule has 1 aliphatic rings. The maximum Gasteiger partial charge on any atom is 0.106 e. The van der Waals surface area contributed by atoms with Gasteiger partial charge in [0.1, 0.15) is 5.82 Å². The van der Waals surface area contributed by atoms with Crippen LogP contribution in [0.3, 0.4) is 0 Å². The molecule has 0 spiro atoms. The van der Waals surface area contributed by atoms with E-state index in [9.17, 15) is 0 Å². The fourth-order valence-corrected chi connectivity index (χ4v) is 2.82. The van der Waals surface area contributed by atoms with Crippen LogP contribution in [-0.2, 0) is 13.0 Å². The summed E-state index contributed by atoms with van der Waals surface area (Å²) >= 11 is 3.53. The number of aryl methyl sites for hydroxylation is 3. The fraction of sp³-hybridized carbons (Fsp3) is 0.364. The first-order valence-electron chi connectivity index (χ1n) is 4.91. The van der Waals surface area contributed by atoms with Crippen molar-refractivity contribution >= 4 is 27.0 Å². The Balaban J connectivity index is 2.48. The van der Waals surface area contributed by atoms with Crippen LogP contribution in [0.2, 0.25) is 0 Å². The second kappa shape index (κ2) is 2.83. The zero-order valence-electron chi connectivity index (χ0n) is 8.05. The van der Waals surface area contributed by atoms with Crippen LogP contribution >= 0.6 is 15.9 Å². The zero-order valence-corrected chi connectivity index (χ0v) is 9.63. The maximum absolute atomic E-state index is 4.58. The van der Waals surface area contributed by atoms with Crippen LogP contribution in [0, 0.1) is 6.92 Å². The van der Waals surface area contributed by atoms with E-state index < -0.39 is 0 Å². The molecule has 2 nitrogen and oxygen atoms in total. The van der Waals surface area contributed by atoms with Crippen LogP contribution in [0.15, 0.2) is 16.6 Å². The molecule has 0 radical (unpaired) electrons. The Hall–Kier alpha value is -0.830. The molecule has 0 unspecified atom stereocenters. The van der Waals surface area contributed by atoms with E-state index in [-0.39, 0.29) is 0 Å². The van der Waals surface area contributed by atoms with Gasteiger partial charge in [0.05, 0.1) is 11.0 Å². The molecule has 0 aliphatic carbocycles. The number of rotatable bonds is 0. The number of benzene rings is 1. The molecule has 0 fully saturated rings. The van der Waals surface area contributed by atoms with Crippen LogP contribution in [0.5, 0.6) is 0 Å². The molecule has 0 bridgehead atoms. The van der Waals surface area contributed by atoms with Crippen LogP contribution in [0.4, 0.5) is 0 Å². The third-order valence-corrected chi connectivity index (χ3v) is 3.36. The Labute approximate surface area is 91.1 Å². The SMILES string of the molecule is Cc1nc2cc(Br)cc3c2n1CCC3. The highest BCUT2D eigenvalue weighted by Crippen LogP contribution is 2.29. The molecule has 3 heteroatoms. The molecule has 0 saturated carbocycles. The summed E-state index contributed by atoms with van der Waals surface area (Å²) in [5, 5.41) is 0. The molecule has 1 aromatic heterocycles. The molecule has 0 N–H and O–H groups in total. The largest absolute Gasteiger partial charge is 0.328 e. The minimum Gasteiger partial charge on any atom is -0.328 e. The lowest BCUT2D eigenvalue weighted by Crippen LogP contribution is -2.08. The first kappa shape index (κ1) is 8.48. The zero-order chi connectivity index (χ0) is 9.71. The van der Waals surface area contributed by atoms with E-state index in [0.29, 0.717) is 0 Å². The topological polar surface area (TPSA) is 17.8 Å². The van der Waals surface area contributed by atoms with Gasteiger partial charge in [0.2, 0.25) is 0 Å². The summed E-state index contributed by atoms with van der Waals surface area (Å²) in [6.45, 7) is 3.21. The van der Waals surface area contributed by atoms with Crippen molar-refractivity contribution in [3.8, 4) is 0 Å². The fourth-order valence-electron chi connectivity index (χ4n) is 2.33. The Morgan fingerprint density at radius 2 is 2.29 bits per heavy atom. The predicted octanol–water partition coefficient (Wildman–Crippen LogP) is 3.05. The van der Waals surface area contributed by atoms with Crippen LogP contribution in [0.25, 0.3) is 11.0 Å². The lowest BCUT2D eigenvalue weighted by molar-refractivity contribution is 0.617. The lowest BCUT2D eigenvalue weighted by Gasteiger charge is -2.15. The van der Waals surface area contributed by atoms with Gasteiger partial charge in [0.15, 0.2) is 0 Å². The molecule has 0 saturated heterocycles. The smallest absolute Gasteiger partial charge is 0.106 e. The quantitative estimate of drug-likeness (QED) is 0.703. The lowest BCUT2D eigenvalue weighted by atomic mass is 10.0. The van der Waals surface area contributed by atoms with Crippen molar-refractivity contribution in [2.45, 2.75) is 26.3 Å². The molecular weight excluding hydrogens is 240 g/mol. The van der Waals surface area contributed by atoms with Gasteiger partial charge in [-0.2, -0.15) is 0 Å². The highest BCUT2D eigenvalue weighted by molar-refractivity contribution is 9.10. The number of aromatic nitrogens is 2. The first-order valence-corrected chi connectivity index (χ1v) is 5.70. The molecule has 3 rings (SSSR count). The molecule has 1 aliphatic heterocycles. The van der Waals surface area contributed by atoms with Crippen molar-refractivity contribution in [2.24, 2.45) is 0 Å². The van der Waals surface area contributed by atoms with E-state index in [2.05, 4.69) is 44.5 Å². The molecule has 1 aromatic carbocycles. The summed E-state index contributed by atoms with van der Waals surface area (Å²) in [4.78, 5) is 4.58. The third-order valence-electron chi connectivity index (χ3n) is 2.90. The number of imidazole rings is 1. The summed E-state index contributed by atoms with van der Waals surface area (Å²) in [6, 6.07) is 4.33. The van der Waals surface area contributed by atoms with Crippen molar-refractivity contribution < 1.29 is 0 Å². The molecular formula is C11H11BrN2. The van der Waals surface area contributed by atoms with Gasteiger partial charge < -0.3 is 4.57 Å². The van der Waals surface area contributed by atoms with Gasteiger partial charge in [-0.3, -0.25) is 0 Å². The van der Waals surface area contributed by atoms with Crippen molar-refractivity contribution in [1.29, 1.82) is 0 Å². The van der Waals surface area contributed by atoms with E-state index in [1.165, 1.54) is 23.9 Å². The van der Waals surface area contributed by atoms with Gasteiger partial charge >= 0.3 is 0 Å². The van der Waals surface area contributed by atoms with Gasteiger partial charge in [0.25, 0.3) is 0 Å². The predicted molar refractivity (Wildman–Crippen MR) is 60.5 cm³/mol. The molecule has 2 aromatic rings. The van der Waals surface area contributed by atoms with E-state index in [1.54, 1.807) is 0 Å². The van der Waals surface area contributed by atoms with Crippen LogP contribution in [-0.4, -0.2) is 9.55 Å². The van der Waals surface area contributed by atoms with Crippen molar-refractivity contribution in [2.75, 3.05) is 0 Å². The number of nitrogens with zero attached hydrogens (tertiary/aromatic N) is 2. The standard InChI is InChI=1S/C11H11BrN2/c1-7-13-10-6-9(12)5-8-3-2-4-14(7)11(8)10/h5-6H,2-4H2,1H3. The highest BCUT2D eigenvalue weighted by Gasteiger charge is 2.16. The first-order chi connectivity index (χ1) is 6.75. The van der Waals surface area contributed by atoms with Gasteiger partial charge in [-0.25, -0.2) is 4.98 Å². The average Bonchev–Trinajstić information content (AvgIpc) is 2.45. The van der Waals surface area contributed by atoms with Gasteiger partial charge in [-0.15, -0.1) is 0 Å². The average molecular weight is 251 g/mol. The van der Waals surface area contributed by atoms with Gasteiger partial charge in [-0.1, -0.05) is 15.9 Å². The van der Waals surface area contributed by atoms with Crippen molar-refractivity contribution in [1.82, 2.24) is 9.55 Å². The van der Waals surface area contributed by atoms with Gasteiger partial charge in [0, 0.05) is 11.0 Å². The van der Waals surface area contributed by atoms with E-state index in [1.807, 2.05) is 0 Å². The molecule has 14 heavy (non-hydrogen) atoms. The summed E-state index contributed by atoms with van der Waals surface area (Å²) in [5.41, 5.74) is 3.91. The van der Waals surface area contributed by atoms with E-state index in [4.69, 9.17) is 0 Å². The number of hydrogen-bond donors (Lipinski definition) is 0. The van der Waals surface area contributed by atoms with Crippen LogP contribution in [0.1, 0.15) is 17.8 Å². The molecule has 72 valence electrons. The minimum atomic E-state index is 1.12. The monoisotopic (exact) mass is 250 g/mol. The third kappa shape index (κ3) is 1.05. The summed E-state index contributed by atoms with van der Waals surface area (Å²) in [7, 11) is 0. The Kier molecular flexibility index (Phi) is 1.71. The normalized spacial score (nSPS) is 15.0. The summed E-state index contributed by atoms with van der Waals surface area (Å²) in [6.07, 6.45) is 2.41. The minimum absolute atomic E-state index is 1.12. The Morgan fingerprint density at radius 1 is 1.43 bits per heavy atom.